The third kappa shape index (κ3) is 3.13. The Bertz CT molecular complexity index is 1010. The first kappa shape index (κ1) is 20.0. The first-order valence-electron chi connectivity index (χ1n) is 9.63. The molecule has 0 spiro atoms. The predicted molar refractivity (Wildman–Crippen MR) is 105 cm³/mol. The van der Waals surface area contributed by atoms with Crippen molar-refractivity contribution in [3.05, 3.63) is 65.5 Å². The Hall–Kier alpha value is -3.26. The predicted octanol–water partition coefficient (Wildman–Crippen LogP) is 2.49. The van der Waals surface area contributed by atoms with E-state index in [1.807, 2.05) is 0 Å². The summed E-state index contributed by atoms with van der Waals surface area (Å²) in [4.78, 5) is 42.2. The number of esters is 1. The maximum Gasteiger partial charge on any atom is 0.354 e. The maximum atomic E-state index is 13.5. The van der Waals surface area contributed by atoms with Gasteiger partial charge in [-0.25, -0.2) is 9.18 Å². The van der Waals surface area contributed by atoms with Gasteiger partial charge in [0.05, 0.1) is 17.9 Å². The number of hydrogen-bond acceptors (Lipinski definition) is 5. The quantitative estimate of drug-likeness (QED) is 0.682. The van der Waals surface area contributed by atoms with Gasteiger partial charge in [0.2, 0.25) is 11.6 Å². The number of para-hydroxylation sites is 1. The van der Waals surface area contributed by atoms with Crippen molar-refractivity contribution in [2.75, 3.05) is 25.2 Å². The Balaban J connectivity index is 1.73. The van der Waals surface area contributed by atoms with Crippen LogP contribution < -0.4 is 4.90 Å². The molecule has 2 aliphatic rings. The highest BCUT2D eigenvalue weighted by atomic mass is 19.1. The van der Waals surface area contributed by atoms with E-state index in [2.05, 4.69) is 0 Å². The lowest BCUT2D eigenvalue weighted by molar-refractivity contribution is -0.159. The van der Waals surface area contributed by atoms with Gasteiger partial charge in [-0.3, -0.25) is 14.5 Å². The molecule has 1 atom stereocenters. The zero-order chi connectivity index (χ0) is 21.3. The Kier molecular flexibility index (Phi) is 5.26. The first-order valence-corrected chi connectivity index (χ1v) is 9.63. The summed E-state index contributed by atoms with van der Waals surface area (Å²) in [6.07, 6.45) is 0.206. The van der Waals surface area contributed by atoms with E-state index in [9.17, 15) is 18.8 Å². The molecule has 0 radical (unpaired) electrons. The lowest BCUT2D eigenvalue weighted by Crippen LogP contribution is -2.68. The average molecular weight is 412 g/mol. The molecule has 0 N–H and O–H groups in total. The molecule has 0 saturated carbocycles. The molecule has 8 heteroatoms. The highest BCUT2D eigenvalue weighted by molar-refractivity contribution is 6.15. The smallest absolute Gasteiger partial charge is 0.354 e. The maximum absolute atomic E-state index is 13.5. The number of ether oxygens (including phenoxy) is 2. The Labute approximate surface area is 173 Å². The number of benzene rings is 2. The number of carbonyl (C=O) groups is 3. The van der Waals surface area contributed by atoms with Gasteiger partial charge in [-0.05, 0) is 29.8 Å². The fourth-order valence-electron chi connectivity index (χ4n) is 4.13. The number of halogens is 1. The van der Waals surface area contributed by atoms with Crippen molar-refractivity contribution < 1.29 is 28.2 Å². The van der Waals surface area contributed by atoms with E-state index in [1.54, 1.807) is 30.3 Å². The molecule has 0 aromatic heterocycles. The number of rotatable bonds is 6. The van der Waals surface area contributed by atoms with Gasteiger partial charge in [0.15, 0.2) is 0 Å². The van der Waals surface area contributed by atoms with Crippen LogP contribution in [0.5, 0.6) is 0 Å². The SMILES string of the molecule is COCCN1C(=O)c2ccccc2N2C(=O)CC[C@@]12C(=O)OCc1cccc(F)c1. The molecule has 156 valence electrons. The molecule has 2 aromatic rings. The third-order valence-corrected chi connectivity index (χ3v) is 5.48. The molecule has 0 aliphatic carbocycles. The summed E-state index contributed by atoms with van der Waals surface area (Å²) in [5.74, 6) is -1.80. The molecule has 0 unspecified atom stereocenters. The standard InChI is InChI=1S/C22H21FN2O5/c1-29-12-11-24-20(27)17-7-2-3-8-18(17)25-19(26)9-10-22(24,25)21(28)30-14-15-5-4-6-16(23)13-15/h2-8,13H,9-12,14H2,1H3/t22-/m1/s1. The van der Waals surface area contributed by atoms with Crippen molar-refractivity contribution in [1.82, 2.24) is 4.90 Å². The summed E-state index contributed by atoms with van der Waals surface area (Å²) in [5.41, 5.74) is -0.380. The summed E-state index contributed by atoms with van der Waals surface area (Å²) >= 11 is 0. The van der Waals surface area contributed by atoms with Gasteiger partial charge in [0.25, 0.3) is 5.91 Å². The van der Waals surface area contributed by atoms with Gasteiger partial charge >= 0.3 is 5.97 Å². The van der Waals surface area contributed by atoms with E-state index in [0.29, 0.717) is 16.8 Å². The van der Waals surface area contributed by atoms with Gasteiger partial charge < -0.3 is 14.4 Å². The number of anilines is 1. The highest BCUT2D eigenvalue weighted by Crippen LogP contribution is 2.45. The van der Waals surface area contributed by atoms with E-state index in [4.69, 9.17) is 9.47 Å². The molecule has 2 aromatic carbocycles. The van der Waals surface area contributed by atoms with Crippen LogP contribution in [0, 0.1) is 5.82 Å². The third-order valence-electron chi connectivity index (χ3n) is 5.48. The van der Waals surface area contributed by atoms with Crippen LogP contribution in [0.15, 0.2) is 48.5 Å². The van der Waals surface area contributed by atoms with Crippen LogP contribution in [0.1, 0.15) is 28.8 Å². The van der Waals surface area contributed by atoms with Crippen molar-refractivity contribution in [1.29, 1.82) is 0 Å². The number of carbonyl (C=O) groups excluding carboxylic acids is 3. The number of methoxy groups -OCH3 is 1. The topological polar surface area (TPSA) is 76.2 Å². The fraction of sp³-hybridized carbons (Fsp3) is 0.318. The van der Waals surface area contributed by atoms with Crippen LogP contribution in [0.25, 0.3) is 0 Å². The van der Waals surface area contributed by atoms with Crippen molar-refractivity contribution in [3.63, 3.8) is 0 Å². The first-order chi connectivity index (χ1) is 14.5. The molecule has 4 rings (SSSR count). The second-order valence-corrected chi connectivity index (χ2v) is 7.22. The molecule has 30 heavy (non-hydrogen) atoms. The molecule has 2 heterocycles. The van der Waals surface area contributed by atoms with Crippen LogP contribution in [0.2, 0.25) is 0 Å². The van der Waals surface area contributed by atoms with Crippen LogP contribution in [-0.2, 0) is 25.7 Å². The normalized spacial score (nSPS) is 20.2. The molecular formula is C22H21FN2O5. The summed E-state index contributed by atoms with van der Waals surface area (Å²) in [6, 6.07) is 12.4. The van der Waals surface area contributed by atoms with E-state index >= 15 is 0 Å². The van der Waals surface area contributed by atoms with Crippen molar-refractivity contribution in [3.8, 4) is 0 Å². The van der Waals surface area contributed by atoms with Gasteiger partial charge in [-0.15, -0.1) is 0 Å². The van der Waals surface area contributed by atoms with Crippen molar-refractivity contribution in [2.45, 2.75) is 25.1 Å². The van der Waals surface area contributed by atoms with E-state index < -0.39 is 17.4 Å². The summed E-state index contributed by atoms with van der Waals surface area (Å²) in [6.45, 7) is 0.131. The zero-order valence-corrected chi connectivity index (χ0v) is 16.5. The van der Waals surface area contributed by atoms with Crippen LogP contribution in [0.3, 0.4) is 0 Å². The zero-order valence-electron chi connectivity index (χ0n) is 16.5. The largest absolute Gasteiger partial charge is 0.458 e. The summed E-state index contributed by atoms with van der Waals surface area (Å²) in [7, 11) is 1.49. The molecule has 0 bridgehead atoms. The second kappa shape index (κ2) is 7.87. The summed E-state index contributed by atoms with van der Waals surface area (Å²) in [5, 5.41) is 0. The monoisotopic (exact) mass is 412 g/mol. The number of nitrogens with zero attached hydrogens (tertiary/aromatic N) is 2. The minimum Gasteiger partial charge on any atom is -0.458 e. The lowest BCUT2D eigenvalue weighted by atomic mass is 9.96. The van der Waals surface area contributed by atoms with Crippen molar-refractivity contribution in [2.24, 2.45) is 0 Å². The van der Waals surface area contributed by atoms with E-state index in [-0.39, 0.29) is 44.4 Å². The molecule has 2 amide bonds. The van der Waals surface area contributed by atoms with Crippen molar-refractivity contribution >= 4 is 23.5 Å². The van der Waals surface area contributed by atoms with Gasteiger partial charge in [-0.1, -0.05) is 24.3 Å². The van der Waals surface area contributed by atoms with Gasteiger partial charge in [0, 0.05) is 26.5 Å². The van der Waals surface area contributed by atoms with E-state index in [1.165, 1.54) is 35.1 Å². The minimum absolute atomic E-state index is 0.0974. The minimum atomic E-state index is -1.59. The Morgan fingerprint density at radius 3 is 2.73 bits per heavy atom. The van der Waals surface area contributed by atoms with E-state index in [0.717, 1.165) is 0 Å². The fourth-order valence-corrected chi connectivity index (χ4v) is 4.13. The van der Waals surface area contributed by atoms with Crippen LogP contribution >= 0.6 is 0 Å². The molecule has 7 nitrogen and oxygen atoms in total. The molecule has 1 saturated heterocycles. The Morgan fingerprint density at radius 2 is 1.97 bits per heavy atom. The summed E-state index contributed by atoms with van der Waals surface area (Å²) < 4.78 is 24.1. The Morgan fingerprint density at radius 1 is 1.17 bits per heavy atom. The number of fused-ring (bicyclic) bond motifs is 3. The number of hydrogen-bond donors (Lipinski definition) is 0. The average Bonchev–Trinajstić information content (AvgIpc) is 3.10. The highest BCUT2D eigenvalue weighted by Gasteiger charge is 2.61. The molecule has 2 aliphatic heterocycles. The van der Waals surface area contributed by atoms with Crippen LogP contribution in [-0.4, -0.2) is 48.6 Å². The lowest BCUT2D eigenvalue weighted by Gasteiger charge is -2.48. The molecular weight excluding hydrogens is 391 g/mol. The number of amides is 2. The van der Waals surface area contributed by atoms with Crippen LogP contribution in [0.4, 0.5) is 10.1 Å². The van der Waals surface area contributed by atoms with Gasteiger partial charge in [-0.2, -0.15) is 0 Å². The molecule has 1 fully saturated rings. The second-order valence-electron chi connectivity index (χ2n) is 7.22. The van der Waals surface area contributed by atoms with Gasteiger partial charge in [0.1, 0.15) is 12.4 Å².